The fourth-order valence-corrected chi connectivity index (χ4v) is 8.96. The number of pyridine rings is 1. The molecule has 0 unspecified atom stereocenters. The van der Waals surface area contributed by atoms with Gasteiger partial charge in [-0.2, -0.15) is 0 Å². The van der Waals surface area contributed by atoms with Crippen LogP contribution < -0.4 is 0 Å². The van der Waals surface area contributed by atoms with Crippen molar-refractivity contribution < 1.29 is 29.8 Å². The standard InChI is InChI=1S/C64H73N3O/c1-39(2)51-34-44(41-21-18-17-19-22-41)35-52(40(3)4)58(51)67-56-24-20-23-50(57(56)66-60(67)53-37-49(63(11,12)13)38-54(59(53)68)64(14,15)16)45-31-46(33-48(32-45)62(8,9)10)55-36-43(29-30-65-55)42-25-27-47(28-26-42)61(5,6)7/h17-40,68H,1-16H3/i11D3,12D3,13D3,14D3,15D3,16D3. The Labute approximate surface area is 432 Å². The minimum atomic E-state index is -4.14. The largest absolute Gasteiger partial charge is 0.507 e. The van der Waals surface area contributed by atoms with E-state index in [9.17, 15) is 5.11 Å². The number of hydrogen-bond acceptors (Lipinski definition) is 3. The van der Waals surface area contributed by atoms with E-state index in [1.807, 2.05) is 100 Å². The third-order valence-corrected chi connectivity index (χ3v) is 12.9. The lowest BCUT2D eigenvalue weighted by atomic mass is 9.78. The summed E-state index contributed by atoms with van der Waals surface area (Å²) in [6.07, 6.45) is 1.75. The molecule has 0 radical (unpaired) electrons. The molecule has 4 nitrogen and oxygen atoms in total. The summed E-state index contributed by atoms with van der Waals surface area (Å²) in [5.74, 6) is -2.33. The van der Waals surface area contributed by atoms with Crippen LogP contribution in [0.1, 0.15) is 180 Å². The van der Waals surface area contributed by atoms with Crippen LogP contribution in [0.15, 0.2) is 134 Å². The fourth-order valence-electron chi connectivity index (χ4n) is 8.96. The van der Waals surface area contributed by atoms with E-state index < -0.39 is 79.8 Å². The Morgan fingerprint density at radius 2 is 1.10 bits per heavy atom. The van der Waals surface area contributed by atoms with Gasteiger partial charge in [0.15, 0.2) is 0 Å². The summed E-state index contributed by atoms with van der Waals surface area (Å²) in [5, 5.41) is 13.2. The highest BCUT2D eigenvalue weighted by Crippen LogP contribution is 2.47. The molecule has 0 atom stereocenters. The molecule has 2 heterocycles. The van der Waals surface area contributed by atoms with Gasteiger partial charge in [-0.05, 0) is 138 Å². The molecule has 0 spiro atoms. The number of nitrogens with zero attached hydrogens (tertiary/aromatic N) is 3. The molecule has 0 aliphatic rings. The zero-order chi connectivity index (χ0) is 64.2. The van der Waals surface area contributed by atoms with E-state index in [4.69, 9.17) is 34.6 Å². The third-order valence-electron chi connectivity index (χ3n) is 12.9. The van der Waals surface area contributed by atoms with Crippen molar-refractivity contribution in [3.8, 4) is 67.5 Å². The molecule has 1 N–H and O–H groups in total. The molecule has 0 fully saturated rings. The van der Waals surface area contributed by atoms with Crippen molar-refractivity contribution in [3.05, 3.63) is 167 Å². The lowest BCUT2D eigenvalue weighted by Crippen LogP contribution is -2.17. The molecule has 0 aliphatic carbocycles. The number of imidazole rings is 1. The van der Waals surface area contributed by atoms with Crippen molar-refractivity contribution in [2.45, 2.75) is 144 Å². The molecule has 6 aromatic carbocycles. The summed E-state index contributed by atoms with van der Waals surface area (Å²) < 4.78 is 161. The number of hydrogen-bond donors (Lipinski definition) is 1. The van der Waals surface area contributed by atoms with Crippen molar-refractivity contribution in [1.82, 2.24) is 14.5 Å². The predicted octanol–water partition coefficient (Wildman–Crippen LogP) is 17.9. The molecule has 8 aromatic rings. The summed E-state index contributed by atoms with van der Waals surface area (Å²) in [6, 6.07) is 38.3. The molecule has 0 saturated carbocycles. The summed E-state index contributed by atoms with van der Waals surface area (Å²) >= 11 is 0. The maximum absolute atomic E-state index is 13.2. The Morgan fingerprint density at radius 3 is 1.71 bits per heavy atom. The Kier molecular flexibility index (Phi) is 7.87. The first kappa shape index (κ1) is 30.3. The van der Waals surface area contributed by atoms with Crippen LogP contribution in [-0.2, 0) is 21.7 Å². The van der Waals surface area contributed by atoms with Crippen LogP contribution in [0.25, 0.3) is 72.7 Å². The molecule has 0 amide bonds. The van der Waals surface area contributed by atoms with E-state index in [0.717, 1.165) is 39.4 Å². The first-order valence-corrected chi connectivity index (χ1v) is 23.2. The number of para-hydroxylation sites is 1. The van der Waals surface area contributed by atoms with E-state index in [-0.39, 0.29) is 28.6 Å². The second-order valence-corrected chi connectivity index (χ2v) is 20.8. The van der Waals surface area contributed by atoms with Crippen LogP contribution in [0.2, 0.25) is 0 Å². The van der Waals surface area contributed by atoms with Crippen LogP contribution in [0.3, 0.4) is 0 Å². The first-order chi connectivity index (χ1) is 39.3. The lowest BCUT2D eigenvalue weighted by molar-refractivity contribution is 0.446. The summed E-state index contributed by atoms with van der Waals surface area (Å²) in [5.41, 5.74) is -1.55. The van der Waals surface area contributed by atoms with Gasteiger partial charge in [-0.25, -0.2) is 4.98 Å². The second-order valence-electron chi connectivity index (χ2n) is 20.8. The van der Waals surface area contributed by atoms with Crippen molar-refractivity contribution in [2.24, 2.45) is 0 Å². The highest BCUT2D eigenvalue weighted by Gasteiger charge is 2.31. The number of phenols is 1. The molecular weight excluding hydrogens is 827 g/mol. The minimum Gasteiger partial charge on any atom is -0.507 e. The average Bonchev–Trinajstić information content (AvgIpc) is 0.806. The first-order valence-electron chi connectivity index (χ1n) is 32.2. The predicted molar refractivity (Wildman–Crippen MR) is 291 cm³/mol. The van der Waals surface area contributed by atoms with E-state index in [0.29, 0.717) is 45.2 Å². The normalized spacial score (nSPS) is 17.8. The Bertz CT molecular complexity index is 3730. The van der Waals surface area contributed by atoms with Crippen LogP contribution >= 0.6 is 0 Å². The maximum atomic E-state index is 13.2. The van der Waals surface area contributed by atoms with Gasteiger partial charge in [0.1, 0.15) is 11.6 Å². The van der Waals surface area contributed by atoms with Gasteiger partial charge in [-0.3, -0.25) is 9.55 Å². The van der Waals surface area contributed by atoms with Crippen molar-refractivity contribution in [3.63, 3.8) is 0 Å². The molecular formula is C64H73N3O. The highest BCUT2D eigenvalue weighted by atomic mass is 16.3. The van der Waals surface area contributed by atoms with Crippen LogP contribution in [0, 0.1) is 0 Å². The molecule has 68 heavy (non-hydrogen) atoms. The Morgan fingerprint density at radius 1 is 0.500 bits per heavy atom. The Balaban J connectivity index is 1.61. The van der Waals surface area contributed by atoms with Gasteiger partial charge in [0.25, 0.3) is 0 Å². The molecule has 350 valence electrons. The summed E-state index contributed by atoms with van der Waals surface area (Å²) in [7, 11) is 0. The van der Waals surface area contributed by atoms with Gasteiger partial charge in [-0.15, -0.1) is 0 Å². The lowest BCUT2D eigenvalue weighted by Gasteiger charge is -2.28. The third kappa shape index (κ3) is 9.44. The molecule has 8 rings (SSSR count). The SMILES string of the molecule is [2H]C([2H])([2H])C(c1cc(-c2nc3c(-c4cc(-c5cc(-c6ccc(C(C)(C)C)cc6)ccn5)cc(C(C)(C)C)c4)cccc3n2-c2c(C(C)C)cc(-c3ccccc3)cc2C(C)C)c(O)c(C(C([2H])([2H])[2H])(C([2H])([2H])[2H])C([2H])([2H])[2H])c1)(C([2H])([2H])[2H])C([2H])([2H])[2H]. The monoisotopic (exact) mass is 918 g/mol. The maximum Gasteiger partial charge on any atom is 0.149 e. The van der Waals surface area contributed by atoms with E-state index in [1.54, 1.807) is 22.9 Å². The van der Waals surface area contributed by atoms with Gasteiger partial charge in [-0.1, -0.05) is 189 Å². The van der Waals surface area contributed by atoms with Crippen molar-refractivity contribution in [1.29, 1.82) is 0 Å². The fraction of sp³-hybridized carbons (Fsp3) is 0.344. The summed E-state index contributed by atoms with van der Waals surface area (Å²) in [4.78, 5) is 10.2. The molecule has 2 aromatic heterocycles. The summed E-state index contributed by atoms with van der Waals surface area (Å²) in [6.45, 7) is -4.06. The van der Waals surface area contributed by atoms with Crippen LogP contribution in [-0.4, -0.2) is 19.6 Å². The zero-order valence-corrected chi connectivity index (χ0v) is 40.6. The Hall–Kier alpha value is -6.26. The highest BCUT2D eigenvalue weighted by molar-refractivity contribution is 5.97. The number of aromatic hydroxyl groups is 1. The smallest absolute Gasteiger partial charge is 0.149 e. The van der Waals surface area contributed by atoms with Gasteiger partial charge in [0, 0.05) is 47.6 Å². The zero-order valence-electron chi connectivity index (χ0n) is 58.6. The number of benzene rings is 6. The van der Waals surface area contributed by atoms with Crippen molar-refractivity contribution >= 4 is 11.0 Å². The number of fused-ring (bicyclic) bond motifs is 1. The molecule has 4 heteroatoms. The second kappa shape index (κ2) is 17.7. The van der Waals surface area contributed by atoms with Crippen LogP contribution in [0.5, 0.6) is 5.75 Å². The van der Waals surface area contributed by atoms with Gasteiger partial charge < -0.3 is 5.11 Å². The molecule has 0 saturated heterocycles. The van der Waals surface area contributed by atoms with E-state index in [2.05, 4.69) is 71.9 Å². The minimum absolute atomic E-state index is 0.0606. The van der Waals surface area contributed by atoms with Crippen molar-refractivity contribution in [2.75, 3.05) is 0 Å². The number of aromatic nitrogens is 3. The van der Waals surface area contributed by atoms with Gasteiger partial charge in [0.2, 0.25) is 0 Å². The average molecular weight is 918 g/mol. The van der Waals surface area contributed by atoms with Gasteiger partial charge in [0.05, 0.1) is 28.0 Å². The molecule has 0 aliphatic heterocycles. The number of rotatable bonds is 8. The van der Waals surface area contributed by atoms with E-state index in [1.165, 1.54) is 5.56 Å². The van der Waals surface area contributed by atoms with Gasteiger partial charge >= 0.3 is 0 Å². The topological polar surface area (TPSA) is 50.9 Å². The quantitative estimate of drug-likeness (QED) is 0.165. The molecule has 0 bridgehead atoms. The number of phenolic OH excluding ortho intramolecular Hbond substituents is 1. The van der Waals surface area contributed by atoms with E-state index >= 15 is 0 Å². The van der Waals surface area contributed by atoms with Crippen LogP contribution in [0.4, 0.5) is 0 Å².